The predicted molar refractivity (Wildman–Crippen MR) is 102 cm³/mol. The number of ether oxygens (including phenoxy) is 2. The number of hydrogen-bond acceptors (Lipinski definition) is 4. The zero-order chi connectivity index (χ0) is 18.7. The third kappa shape index (κ3) is 7.32. The molecule has 0 heterocycles. The van der Waals surface area contributed by atoms with Crippen LogP contribution in [0.4, 0.5) is 5.69 Å². The highest BCUT2D eigenvalue weighted by molar-refractivity contribution is 5.95. The molecule has 0 saturated heterocycles. The Kier molecular flexibility index (Phi) is 9.21. The van der Waals surface area contributed by atoms with Crippen LogP contribution in [0.5, 0.6) is 11.5 Å². The van der Waals surface area contributed by atoms with Crippen molar-refractivity contribution < 1.29 is 14.3 Å². The maximum absolute atomic E-state index is 11.8. The number of aliphatic imine (C=N–C) groups is 1. The number of guanidine groups is 1. The first-order valence-corrected chi connectivity index (χ1v) is 8.58. The minimum absolute atomic E-state index is 0.0543. The lowest BCUT2D eigenvalue weighted by atomic mass is 10.2. The SMILES string of the molecule is CCCCNC(=NCC(=O)N(C)C)Nc1ccc(OC)c(OCC)c1. The molecular formula is C18H30N4O3. The van der Waals surface area contributed by atoms with Crippen molar-refractivity contribution >= 4 is 17.6 Å². The number of anilines is 1. The van der Waals surface area contributed by atoms with E-state index >= 15 is 0 Å². The van der Waals surface area contributed by atoms with Crippen LogP contribution in [0, 0.1) is 0 Å². The average Bonchev–Trinajstić information content (AvgIpc) is 2.59. The van der Waals surface area contributed by atoms with Gasteiger partial charge in [-0.3, -0.25) is 4.79 Å². The van der Waals surface area contributed by atoms with Crippen molar-refractivity contribution in [1.82, 2.24) is 10.2 Å². The molecule has 0 aliphatic carbocycles. The molecule has 0 fully saturated rings. The molecule has 0 unspecified atom stereocenters. The molecule has 0 aromatic heterocycles. The Morgan fingerprint density at radius 1 is 1.24 bits per heavy atom. The minimum Gasteiger partial charge on any atom is -0.493 e. The third-order valence-electron chi connectivity index (χ3n) is 3.42. The topological polar surface area (TPSA) is 75.2 Å². The molecule has 0 aliphatic heterocycles. The summed E-state index contributed by atoms with van der Waals surface area (Å²) >= 11 is 0. The molecule has 7 heteroatoms. The van der Waals surface area contributed by atoms with Gasteiger partial charge >= 0.3 is 0 Å². The summed E-state index contributed by atoms with van der Waals surface area (Å²) in [5.74, 6) is 1.84. The first-order valence-electron chi connectivity index (χ1n) is 8.58. The van der Waals surface area contributed by atoms with E-state index in [4.69, 9.17) is 9.47 Å². The van der Waals surface area contributed by atoms with Crippen molar-refractivity contribution in [3.63, 3.8) is 0 Å². The Morgan fingerprint density at radius 2 is 2.00 bits per heavy atom. The highest BCUT2D eigenvalue weighted by atomic mass is 16.5. The van der Waals surface area contributed by atoms with Gasteiger partial charge in [0.2, 0.25) is 5.91 Å². The Balaban J connectivity index is 2.89. The third-order valence-corrected chi connectivity index (χ3v) is 3.42. The lowest BCUT2D eigenvalue weighted by Gasteiger charge is -2.15. The van der Waals surface area contributed by atoms with E-state index in [0.29, 0.717) is 24.1 Å². The molecule has 1 aromatic rings. The maximum atomic E-state index is 11.8. The molecule has 0 saturated carbocycles. The first kappa shape index (κ1) is 20.6. The summed E-state index contributed by atoms with van der Waals surface area (Å²) < 4.78 is 10.9. The van der Waals surface area contributed by atoms with E-state index in [1.807, 2.05) is 25.1 Å². The molecule has 0 bridgehead atoms. The number of nitrogens with one attached hydrogen (secondary N) is 2. The molecule has 0 aliphatic rings. The quantitative estimate of drug-likeness (QED) is 0.406. The molecule has 7 nitrogen and oxygen atoms in total. The molecule has 2 N–H and O–H groups in total. The second kappa shape index (κ2) is 11.2. The van der Waals surface area contributed by atoms with Crippen LogP contribution in [0.3, 0.4) is 0 Å². The second-order valence-electron chi connectivity index (χ2n) is 5.66. The summed E-state index contributed by atoms with van der Waals surface area (Å²) in [5.41, 5.74) is 0.810. The number of unbranched alkanes of at least 4 members (excludes halogenated alkanes) is 1. The van der Waals surface area contributed by atoms with Gasteiger partial charge < -0.3 is 25.0 Å². The second-order valence-corrected chi connectivity index (χ2v) is 5.66. The summed E-state index contributed by atoms with van der Waals surface area (Å²) in [5, 5.41) is 6.45. The fraction of sp³-hybridized carbons (Fsp3) is 0.556. The van der Waals surface area contributed by atoms with Crippen molar-refractivity contribution in [2.24, 2.45) is 4.99 Å². The smallest absolute Gasteiger partial charge is 0.243 e. The van der Waals surface area contributed by atoms with Gasteiger partial charge in [-0.2, -0.15) is 0 Å². The first-order chi connectivity index (χ1) is 12.0. The Morgan fingerprint density at radius 3 is 2.60 bits per heavy atom. The van der Waals surface area contributed by atoms with E-state index in [2.05, 4.69) is 22.5 Å². The monoisotopic (exact) mass is 350 g/mol. The van der Waals surface area contributed by atoms with Crippen molar-refractivity contribution in [1.29, 1.82) is 0 Å². The molecule has 140 valence electrons. The van der Waals surface area contributed by atoms with E-state index in [9.17, 15) is 4.79 Å². The minimum atomic E-state index is -0.0543. The van der Waals surface area contributed by atoms with Crippen molar-refractivity contribution in [3.05, 3.63) is 18.2 Å². The molecule has 1 amide bonds. The Labute approximate surface area is 150 Å². The Hall–Kier alpha value is -2.44. The number of methoxy groups -OCH3 is 1. The van der Waals surface area contributed by atoms with Crippen LogP contribution in [0.2, 0.25) is 0 Å². The number of carbonyl (C=O) groups excluding carboxylic acids is 1. The summed E-state index contributed by atoms with van der Waals surface area (Å²) in [7, 11) is 5.04. The maximum Gasteiger partial charge on any atom is 0.243 e. The van der Waals surface area contributed by atoms with E-state index in [-0.39, 0.29) is 12.5 Å². The van der Waals surface area contributed by atoms with E-state index in [1.54, 1.807) is 21.2 Å². The van der Waals surface area contributed by atoms with E-state index in [1.165, 1.54) is 4.90 Å². The van der Waals surface area contributed by atoms with Crippen LogP contribution in [0.15, 0.2) is 23.2 Å². The van der Waals surface area contributed by atoms with Crippen molar-refractivity contribution in [2.45, 2.75) is 26.7 Å². The van der Waals surface area contributed by atoms with Crippen LogP contribution in [-0.4, -0.2) is 57.7 Å². The van der Waals surface area contributed by atoms with E-state index in [0.717, 1.165) is 25.1 Å². The van der Waals surface area contributed by atoms with Crippen molar-refractivity contribution in [2.75, 3.05) is 46.2 Å². The number of likely N-dealkylation sites (N-methyl/N-ethyl adjacent to an activating group) is 1. The molecule has 0 spiro atoms. The number of hydrogen-bond donors (Lipinski definition) is 2. The van der Waals surface area contributed by atoms with Crippen LogP contribution < -0.4 is 20.1 Å². The standard InChI is InChI=1S/C18H30N4O3/c1-6-8-11-19-18(20-13-17(23)22(3)4)21-14-9-10-15(24-5)16(12-14)25-7-2/h9-10,12H,6-8,11,13H2,1-5H3,(H2,19,20,21). The van der Waals surface area contributed by atoms with Crippen LogP contribution >= 0.6 is 0 Å². The van der Waals surface area contributed by atoms with Gasteiger partial charge in [-0.1, -0.05) is 13.3 Å². The zero-order valence-electron chi connectivity index (χ0n) is 15.9. The Bertz CT molecular complexity index is 573. The van der Waals surface area contributed by atoms with Gasteiger partial charge in [-0.25, -0.2) is 4.99 Å². The normalized spacial score (nSPS) is 11.0. The summed E-state index contributed by atoms with van der Waals surface area (Å²) in [6.45, 7) is 5.47. The van der Waals surface area contributed by atoms with Crippen LogP contribution in [0.25, 0.3) is 0 Å². The van der Waals surface area contributed by atoms with Gasteiger partial charge in [-0.15, -0.1) is 0 Å². The molecule has 1 rings (SSSR count). The number of carbonyl (C=O) groups is 1. The molecule has 0 radical (unpaired) electrons. The molecular weight excluding hydrogens is 320 g/mol. The lowest BCUT2D eigenvalue weighted by molar-refractivity contribution is -0.127. The van der Waals surface area contributed by atoms with Gasteiger partial charge in [-0.05, 0) is 25.5 Å². The lowest BCUT2D eigenvalue weighted by Crippen LogP contribution is -2.33. The van der Waals surface area contributed by atoms with Crippen molar-refractivity contribution in [3.8, 4) is 11.5 Å². The fourth-order valence-electron chi connectivity index (χ4n) is 1.97. The van der Waals surface area contributed by atoms with Gasteiger partial charge in [0.15, 0.2) is 17.5 Å². The highest BCUT2D eigenvalue weighted by Crippen LogP contribution is 2.30. The molecule has 25 heavy (non-hydrogen) atoms. The number of amides is 1. The number of benzene rings is 1. The largest absolute Gasteiger partial charge is 0.493 e. The predicted octanol–water partition coefficient (Wildman–Crippen LogP) is 2.34. The fourth-order valence-corrected chi connectivity index (χ4v) is 1.97. The number of nitrogens with zero attached hydrogens (tertiary/aromatic N) is 2. The van der Waals surface area contributed by atoms with Crippen LogP contribution in [0.1, 0.15) is 26.7 Å². The van der Waals surface area contributed by atoms with E-state index < -0.39 is 0 Å². The summed E-state index contributed by atoms with van der Waals surface area (Å²) in [6, 6.07) is 5.57. The molecule has 1 aromatic carbocycles. The van der Waals surface area contributed by atoms with Gasteiger partial charge in [0.1, 0.15) is 6.54 Å². The number of rotatable bonds is 9. The highest BCUT2D eigenvalue weighted by Gasteiger charge is 2.08. The average molecular weight is 350 g/mol. The van der Waals surface area contributed by atoms with Gasteiger partial charge in [0.25, 0.3) is 0 Å². The van der Waals surface area contributed by atoms with Gasteiger partial charge in [0, 0.05) is 32.4 Å². The summed E-state index contributed by atoms with van der Waals surface area (Å²) in [4.78, 5) is 17.7. The zero-order valence-corrected chi connectivity index (χ0v) is 15.9. The van der Waals surface area contributed by atoms with Gasteiger partial charge in [0.05, 0.1) is 13.7 Å². The summed E-state index contributed by atoms with van der Waals surface area (Å²) in [6.07, 6.45) is 2.10. The molecule has 0 atom stereocenters. The van der Waals surface area contributed by atoms with Crippen LogP contribution in [-0.2, 0) is 4.79 Å².